The first-order chi connectivity index (χ1) is 6.84. The predicted octanol–water partition coefficient (Wildman–Crippen LogP) is 1.85. The zero-order chi connectivity index (χ0) is 9.80. The number of aliphatic hydroxyl groups is 1. The fourth-order valence-corrected chi connectivity index (χ4v) is 2.63. The minimum atomic E-state index is -0.248. The van der Waals surface area contributed by atoms with E-state index in [1.165, 1.54) is 44.1 Å². The van der Waals surface area contributed by atoms with E-state index in [9.17, 15) is 5.11 Å². The van der Waals surface area contributed by atoms with Gasteiger partial charge in [-0.1, -0.05) is 37.3 Å². The normalized spacial score (nSPS) is 29.2. The Morgan fingerprint density at radius 3 is 2.86 bits per heavy atom. The quantitative estimate of drug-likeness (QED) is 0.674. The van der Waals surface area contributed by atoms with Crippen LogP contribution < -0.4 is 5.32 Å². The molecule has 2 nitrogen and oxygen atoms in total. The van der Waals surface area contributed by atoms with Crippen LogP contribution in [-0.2, 0) is 0 Å². The molecule has 2 aliphatic rings. The summed E-state index contributed by atoms with van der Waals surface area (Å²) < 4.78 is 0. The summed E-state index contributed by atoms with van der Waals surface area (Å²) in [5.74, 6) is 0.968. The summed E-state index contributed by atoms with van der Waals surface area (Å²) in [4.78, 5) is 0. The second-order valence-corrected chi connectivity index (χ2v) is 4.71. The average molecular weight is 195 g/mol. The molecule has 2 rings (SSSR count). The Kier molecular flexibility index (Phi) is 3.60. The molecule has 1 atom stereocenters. The Hall–Kier alpha value is -0.340. The van der Waals surface area contributed by atoms with Crippen molar-refractivity contribution in [3.05, 3.63) is 11.6 Å². The van der Waals surface area contributed by atoms with Gasteiger partial charge in [-0.05, 0) is 18.8 Å². The summed E-state index contributed by atoms with van der Waals surface area (Å²) in [5.41, 5.74) is 1.41. The maximum Gasteiger partial charge on any atom is 0.0848 e. The van der Waals surface area contributed by atoms with Crippen LogP contribution >= 0.6 is 0 Å². The molecule has 0 bridgehead atoms. The lowest BCUT2D eigenvalue weighted by molar-refractivity contribution is 0.212. The van der Waals surface area contributed by atoms with Gasteiger partial charge in [-0.15, -0.1) is 0 Å². The molecule has 1 saturated carbocycles. The van der Waals surface area contributed by atoms with E-state index in [-0.39, 0.29) is 6.10 Å². The molecule has 0 amide bonds. The Morgan fingerprint density at radius 1 is 1.36 bits per heavy atom. The van der Waals surface area contributed by atoms with E-state index < -0.39 is 0 Å². The minimum Gasteiger partial charge on any atom is -0.388 e. The second-order valence-electron chi connectivity index (χ2n) is 4.71. The molecule has 0 aromatic heterocycles. The van der Waals surface area contributed by atoms with E-state index in [0.29, 0.717) is 0 Å². The number of hydrogen-bond donors (Lipinski definition) is 2. The lowest BCUT2D eigenvalue weighted by Gasteiger charge is -2.19. The Balaban J connectivity index is 1.73. The Morgan fingerprint density at radius 2 is 2.14 bits per heavy atom. The smallest absolute Gasteiger partial charge is 0.0848 e. The van der Waals surface area contributed by atoms with Gasteiger partial charge in [-0.3, -0.25) is 0 Å². The highest BCUT2D eigenvalue weighted by Crippen LogP contribution is 2.29. The van der Waals surface area contributed by atoms with Crippen LogP contribution in [0.15, 0.2) is 11.6 Å². The number of β-amino-alcohol motifs (C(OH)–C–C–N with tert-alkyl or cyclic N) is 1. The molecule has 1 fully saturated rings. The van der Waals surface area contributed by atoms with Crippen molar-refractivity contribution >= 4 is 0 Å². The van der Waals surface area contributed by atoms with Crippen molar-refractivity contribution in [2.24, 2.45) is 5.92 Å². The van der Waals surface area contributed by atoms with Crippen molar-refractivity contribution in [1.29, 1.82) is 0 Å². The molecule has 2 N–H and O–H groups in total. The van der Waals surface area contributed by atoms with Crippen molar-refractivity contribution in [3.8, 4) is 0 Å². The van der Waals surface area contributed by atoms with Gasteiger partial charge in [-0.25, -0.2) is 0 Å². The molecule has 1 aliphatic heterocycles. The van der Waals surface area contributed by atoms with E-state index >= 15 is 0 Å². The van der Waals surface area contributed by atoms with E-state index in [1.54, 1.807) is 0 Å². The molecule has 1 heterocycles. The summed E-state index contributed by atoms with van der Waals surface area (Å²) >= 11 is 0. The largest absolute Gasteiger partial charge is 0.388 e. The van der Waals surface area contributed by atoms with Gasteiger partial charge in [0.05, 0.1) is 6.10 Å². The van der Waals surface area contributed by atoms with Crippen LogP contribution in [0.25, 0.3) is 0 Å². The Labute approximate surface area is 86.4 Å². The molecule has 1 aliphatic carbocycles. The van der Waals surface area contributed by atoms with Crippen molar-refractivity contribution < 1.29 is 5.11 Å². The van der Waals surface area contributed by atoms with Crippen LogP contribution in [-0.4, -0.2) is 24.3 Å². The maximum atomic E-state index is 9.43. The third-order valence-corrected chi connectivity index (χ3v) is 3.48. The van der Waals surface area contributed by atoms with Crippen molar-refractivity contribution in [1.82, 2.24) is 5.32 Å². The monoisotopic (exact) mass is 195 g/mol. The highest BCUT2D eigenvalue weighted by Gasteiger charge is 2.16. The highest BCUT2D eigenvalue weighted by atomic mass is 16.3. The minimum absolute atomic E-state index is 0.248. The highest BCUT2D eigenvalue weighted by molar-refractivity contribution is 5.11. The second kappa shape index (κ2) is 4.94. The first-order valence-electron chi connectivity index (χ1n) is 5.93. The number of aliphatic hydroxyl groups excluding tert-OH is 1. The lowest BCUT2D eigenvalue weighted by Crippen LogP contribution is -2.32. The molecule has 1 unspecified atom stereocenters. The van der Waals surface area contributed by atoms with Gasteiger partial charge in [0.1, 0.15) is 0 Å². The van der Waals surface area contributed by atoms with Gasteiger partial charge < -0.3 is 10.4 Å². The topological polar surface area (TPSA) is 32.3 Å². The fourth-order valence-electron chi connectivity index (χ4n) is 2.63. The summed E-state index contributed by atoms with van der Waals surface area (Å²) in [6, 6.07) is 0. The first kappa shape index (κ1) is 10.2. The zero-order valence-electron chi connectivity index (χ0n) is 8.84. The molecule has 14 heavy (non-hydrogen) atoms. The molecule has 2 heteroatoms. The van der Waals surface area contributed by atoms with Gasteiger partial charge in [0.15, 0.2) is 0 Å². The molecule has 0 spiro atoms. The predicted molar refractivity (Wildman–Crippen MR) is 58.2 cm³/mol. The summed E-state index contributed by atoms with van der Waals surface area (Å²) in [6.07, 6.45) is 10.1. The molecular formula is C12H21NO. The average Bonchev–Trinajstić information content (AvgIpc) is 2.67. The molecule has 0 saturated heterocycles. The summed E-state index contributed by atoms with van der Waals surface area (Å²) in [7, 11) is 0. The van der Waals surface area contributed by atoms with Crippen molar-refractivity contribution in [3.63, 3.8) is 0 Å². The number of nitrogens with one attached hydrogen (secondary N) is 1. The summed E-state index contributed by atoms with van der Waals surface area (Å²) in [5, 5.41) is 12.7. The number of hydrogen-bond acceptors (Lipinski definition) is 2. The standard InChI is InChI=1S/C12H21NO/c14-12-7-11(8-13-9-12)6-5-10-3-1-2-4-10/h7,10,12-14H,1-6,8-9H2. The van der Waals surface area contributed by atoms with Crippen LogP contribution in [0.4, 0.5) is 0 Å². The third kappa shape index (κ3) is 2.82. The molecule has 80 valence electrons. The number of rotatable bonds is 3. The lowest BCUT2D eigenvalue weighted by atomic mass is 9.96. The van der Waals surface area contributed by atoms with Gasteiger partial charge in [-0.2, -0.15) is 0 Å². The van der Waals surface area contributed by atoms with Gasteiger partial charge in [0, 0.05) is 13.1 Å². The van der Waals surface area contributed by atoms with Crippen molar-refractivity contribution in [2.75, 3.05) is 13.1 Å². The van der Waals surface area contributed by atoms with Crippen LogP contribution in [0.5, 0.6) is 0 Å². The molecule has 0 aromatic carbocycles. The fraction of sp³-hybridized carbons (Fsp3) is 0.833. The molecular weight excluding hydrogens is 174 g/mol. The van der Waals surface area contributed by atoms with Gasteiger partial charge >= 0.3 is 0 Å². The van der Waals surface area contributed by atoms with Gasteiger partial charge in [0.2, 0.25) is 0 Å². The Bertz CT molecular complexity index is 206. The van der Waals surface area contributed by atoms with Crippen LogP contribution in [0.3, 0.4) is 0 Å². The SMILES string of the molecule is OC1C=C(CCC2CCCC2)CNC1. The van der Waals surface area contributed by atoms with Crippen LogP contribution in [0, 0.1) is 5.92 Å². The third-order valence-electron chi connectivity index (χ3n) is 3.48. The first-order valence-corrected chi connectivity index (χ1v) is 5.93. The van der Waals surface area contributed by atoms with E-state index in [4.69, 9.17) is 0 Å². The van der Waals surface area contributed by atoms with E-state index in [0.717, 1.165) is 19.0 Å². The molecule has 0 aromatic rings. The van der Waals surface area contributed by atoms with E-state index in [2.05, 4.69) is 5.32 Å². The van der Waals surface area contributed by atoms with Crippen LogP contribution in [0.1, 0.15) is 38.5 Å². The van der Waals surface area contributed by atoms with Crippen molar-refractivity contribution in [2.45, 2.75) is 44.6 Å². The zero-order valence-corrected chi connectivity index (χ0v) is 8.84. The van der Waals surface area contributed by atoms with E-state index in [1.807, 2.05) is 6.08 Å². The van der Waals surface area contributed by atoms with Crippen LogP contribution in [0.2, 0.25) is 0 Å². The summed E-state index contributed by atoms with van der Waals surface area (Å²) in [6.45, 7) is 1.72. The molecule has 0 radical (unpaired) electrons. The van der Waals surface area contributed by atoms with Gasteiger partial charge in [0.25, 0.3) is 0 Å². The maximum absolute atomic E-state index is 9.43.